The lowest BCUT2D eigenvalue weighted by molar-refractivity contribution is 0.101. The molecule has 0 heterocycles. The molecule has 2 heteroatoms. The van der Waals surface area contributed by atoms with Gasteiger partial charge in [-0.2, -0.15) is 0 Å². The lowest BCUT2D eigenvalue weighted by atomic mass is 10.1. The van der Waals surface area contributed by atoms with E-state index in [4.69, 9.17) is 0 Å². The van der Waals surface area contributed by atoms with Gasteiger partial charge in [-0.05, 0) is 56.4 Å². The van der Waals surface area contributed by atoms with Crippen LogP contribution < -0.4 is 4.90 Å². The predicted molar refractivity (Wildman–Crippen MR) is 71.7 cm³/mol. The van der Waals surface area contributed by atoms with Gasteiger partial charge in [0.15, 0.2) is 5.78 Å². The highest BCUT2D eigenvalue weighted by atomic mass is 16.1. The van der Waals surface area contributed by atoms with Crippen LogP contribution in [0.4, 0.5) is 5.69 Å². The molecule has 0 spiro atoms. The summed E-state index contributed by atoms with van der Waals surface area (Å²) < 4.78 is 0. The molecule has 1 aliphatic rings. The zero-order valence-corrected chi connectivity index (χ0v) is 10.8. The second-order valence-corrected chi connectivity index (χ2v) is 4.99. The van der Waals surface area contributed by atoms with Crippen molar-refractivity contribution in [3.8, 4) is 0 Å². The average Bonchev–Trinajstić information content (AvgIpc) is 3.13. The van der Waals surface area contributed by atoms with Crippen molar-refractivity contribution in [2.24, 2.45) is 5.92 Å². The fourth-order valence-electron chi connectivity index (χ4n) is 2.11. The summed E-state index contributed by atoms with van der Waals surface area (Å²) in [5.74, 6) is 1.04. The number of benzene rings is 1. The highest BCUT2D eigenvalue weighted by Crippen LogP contribution is 2.31. The van der Waals surface area contributed by atoms with Gasteiger partial charge in [-0.3, -0.25) is 4.79 Å². The third kappa shape index (κ3) is 3.32. The maximum Gasteiger partial charge on any atom is 0.159 e. The number of ketones is 1. The summed E-state index contributed by atoms with van der Waals surface area (Å²) in [4.78, 5) is 13.7. The number of carbonyl (C=O) groups is 1. The van der Waals surface area contributed by atoms with Crippen LogP contribution in [0.15, 0.2) is 24.3 Å². The second kappa shape index (κ2) is 5.35. The molecule has 0 amide bonds. The van der Waals surface area contributed by atoms with Crippen molar-refractivity contribution >= 4 is 11.5 Å². The fraction of sp³-hybridized carbons (Fsp3) is 0.533. The average molecular weight is 231 g/mol. The monoisotopic (exact) mass is 231 g/mol. The number of nitrogens with zero attached hydrogens (tertiary/aromatic N) is 1. The van der Waals surface area contributed by atoms with Crippen molar-refractivity contribution in [1.82, 2.24) is 0 Å². The molecule has 92 valence electrons. The molecule has 0 bridgehead atoms. The maximum absolute atomic E-state index is 11.2. The van der Waals surface area contributed by atoms with Gasteiger partial charge in [-0.15, -0.1) is 0 Å². The molecule has 0 aromatic heterocycles. The van der Waals surface area contributed by atoms with E-state index in [1.807, 2.05) is 12.1 Å². The van der Waals surface area contributed by atoms with Crippen LogP contribution in [0.3, 0.4) is 0 Å². The second-order valence-electron chi connectivity index (χ2n) is 4.99. The SMILES string of the molecule is CCCN(CC1CC1)c1ccc(C(C)=O)cc1. The van der Waals surface area contributed by atoms with E-state index in [-0.39, 0.29) is 5.78 Å². The van der Waals surface area contributed by atoms with E-state index in [1.54, 1.807) is 6.92 Å². The summed E-state index contributed by atoms with van der Waals surface area (Å²) in [6.07, 6.45) is 3.93. The van der Waals surface area contributed by atoms with E-state index in [2.05, 4.69) is 24.0 Å². The third-order valence-corrected chi connectivity index (χ3v) is 3.31. The van der Waals surface area contributed by atoms with Crippen LogP contribution in [0.25, 0.3) is 0 Å². The van der Waals surface area contributed by atoms with Crippen molar-refractivity contribution < 1.29 is 4.79 Å². The number of hydrogen-bond donors (Lipinski definition) is 0. The molecule has 0 N–H and O–H groups in total. The molecule has 1 aromatic rings. The standard InChI is InChI=1S/C15H21NO/c1-3-10-16(11-13-4-5-13)15-8-6-14(7-9-15)12(2)17/h6-9,13H,3-5,10-11H2,1-2H3. The molecule has 1 fully saturated rings. The number of carbonyl (C=O) groups excluding carboxylic acids is 1. The Kier molecular flexibility index (Phi) is 3.82. The molecule has 2 rings (SSSR count). The van der Waals surface area contributed by atoms with Crippen LogP contribution in [-0.4, -0.2) is 18.9 Å². The maximum atomic E-state index is 11.2. The van der Waals surface area contributed by atoms with E-state index in [0.29, 0.717) is 0 Å². The molecule has 0 radical (unpaired) electrons. The molecular formula is C15H21NO. The van der Waals surface area contributed by atoms with Crippen molar-refractivity contribution in [3.63, 3.8) is 0 Å². The lowest BCUT2D eigenvalue weighted by Gasteiger charge is -2.24. The molecule has 1 saturated carbocycles. The van der Waals surface area contributed by atoms with Crippen molar-refractivity contribution in [2.75, 3.05) is 18.0 Å². The van der Waals surface area contributed by atoms with Crippen LogP contribution in [0.2, 0.25) is 0 Å². The topological polar surface area (TPSA) is 20.3 Å². The third-order valence-electron chi connectivity index (χ3n) is 3.31. The first kappa shape index (κ1) is 12.2. The Morgan fingerprint density at radius 2 is 1.94 bits per heavy atom. The largest absolute Gasteiger partial charge is 0.371 e. The molecule has 1 aromatic carbocycles. The highest BCUT2D eigenvalue weighted by molar-refractivity contribution is 5.94. The number of Topliss-reactive ketones (excluding diaryl/α,β-unsaturated/α-hetero) is 1. The first-order chi connectivity index (χ1) is 8.20. The van der Waals surface area contributed by atoms with Gasteiger partial charge < -0.3 is 4.90 Å². The van der Waals surface area contributed by atoms with Crippen LogP contribution in [0.1, 0.15) is 43.5 Å². The van der Waals surface area contributed by atoms with Gasteiger partial charge in [0.25, 0.3) is 0 Å². The van der Waals surface area contributed by atoms with Gasteiger partial charge in [0.1, 0.15) is 0 Å². The molecule has 1 aliphatic carbocycles. The number of rotatable bonds is 6. The summed E-state index contributed by atoms with van der Waals surface area (Å²) in [5.41, 5.74) is 2.06. The predicted octanol–water partition coefficient (Wildman–Crippen LogP) is 3.52. The Labute approximate surface area is 104 Å². The number of anilines is 1. The van der Waals surface area contributed by atoms with E-state index in [1.165, 1.54) is 31.5 Å². The van der Waals surface area contributed by atoms with E-state index < -0.39 is 0 Å². The Morgan fingerprint density at radius 1 is 1.29 bits per heavy atom. The smallest absolute Gasteiger partial charge is 0.159 e. The minimum Gasteiger partial charge on any atom is -0.371 e. The molecule has 17 heavy (non-hydrogen) atoms. The van der Waals surface area contributed by atoms with Crippen LogP contribution in [0.5, 0.6) is 0 Å². The van der Waals surface area contributed by atoms with Gasteiger partial charge >= 0.3 is 0 Å². The summed E-state index contributed by atoms with van der Waals surface area (Å²) in [7, 11) is 0. The van der Waals surface area contributed by atoms with Gasteiger partial charge in [0, 0.05) is 24.3 Å². The van der Waals surface area contributed by atoms with Crippen LogP contribution in [0, 0.1) is 5.92 Å². The summed E-state index contributed by atoms with van der Waals surface area (Å²) >= 11 is 0. The van der Waals surface area contributed by atoms with Gasteiger partial charge in [-0.25, -0.2) is 0 Å². The van der Waals surface area contributed by atoms with Gasteiger partial charge in [0.05, 0.1) is 0 Å². The Bertz CT molecular complexity index is 378. The normalized spacial score (nSPS) is 14.7. The minimum absolute atomic E-state index is 0.140. The molecule has 0 atom stereocenters. The first-order valence-corrected chi connectivity index (χ1v) is 6.56. The Balaban J connectivity index is 2.08. The summed E-state index contributed by atoms with van der Waals surface area (Å²) in [6.45, 7) is 6.11. The van der Waals surface area contributed by atoms with E-state index in [9.17, 15) is 4.79 Å². The van der Waals surface area contributed by atoms with Gasteiger partial charge in [-0.1, -0.05) is 6.92 Å². The quantitative estimate of drug-likeness (QED) is 0.698. The summed E-state index contributed by atoms with van der Waals surface area (Å²) in [6, 6.07) is 8.03. The van der Waals surface area contributed by atoms with Crippen LogP contribution >= 0.6 is 0 Å². The zero-order chi connectivity index (χ0) is 12.3. The zero-order valence-electron chi connectivity index (χ0n) is 10.8. The van der Waals surface area contributed by atoms with Crippen LogP contribution in [-0.2, 0) is 0 Å². The first-order valence-electron chi connectivity index (χ1n) is 6.56. The van der Waals surface area contributed by atoms with Crippen molar-refractivity contribution in [2.45, 2.75) is 33.1 Å². The molecule has 0 unspecified atom stereocenters. The fourth-order valence-corrected chi connectivity index (χ4v) is 2.11. The Morgan fingerprint density at radius 3 is 2.41 bits per heavy atom. The van der Waals surface area contributed by atoms with E-state index >= 15 is 0 Å². The molecular weight excluding hydrogens is 210 g/mol. The molecule has 0 aliphatic heterocycles. The van der Waals surface area contributed by atoms with Crippen molar-refractivity contribution in [1.29, 1.82) is 0 Å². The van der Waals surface area contributed by atoms with Crippen molar-refractivity contribution in [3.05, 3.63) is 29.8 Å². The Hall–Kier alpha value is -1.31. The lowest BCUT2D eigenvalue weighted by Crippen LogP contribution is -2.26. The summed E-state index contributed by atoms with van der Waals surface area (Å²) in [5, 5.41) is 0. The molecule has 2 nitrogen and oxygen atoms in total. The van der Waals surface area contributed by atoms with E-state index in [0.717, 1.165) is 18.0 Å². The number of hydrogen-bond acceptors (Lipinski definition) is 2. The minimum atomic E-state index is 0.140. The van der Waals surface area contributed by atoms with Gasteiger partial charge in [0.2, 0.25) is 0 Å². The highest BCUT2D eigenvalue weighted by Gasteiger charge is 2.24. The molecule has 0 saturated heterocycles.